The number of nitrogens with zero attached hydrogens (tertiary/aromatic N) is 4. The highest BCUT2D eigenvalue weighted by molar-refractivity contribution is 6.27. The maximum absolute atomic E-state index is 10.5. The van der Waals surface area contributed by atoms with Gasteiger partial charge in [-0.3, -0.25) is 9.79 Å². The van der Waals surface area contributed by atoms with Crippen LogP contribution in [0.3, 0.4) is 0 Å². The Balaban J connectivity index is 2.41. The van der Waals surface area contributed by atoms with E-state index in [4.69, 9.17) is 16.3 Å². The molecule has 116 valence electrons. The zero-order valence-electron chi connectivity index (χ0n) is 12.6. The number of benzene rings is 2. The van der Waals surface area contributed by atoms with E-state index in [1.165, 1.54) is 6.34 Å². The number of aliphatic imine (C=N–C) groups is 2. The van der Waals surface area contributed by atoms with E-state index in [1.807, 2.05) is 0 Å². The van der Waals surface area contributed by atoms with Crippen molar-refractivity contribution in [1.82, 2.24) is 0 Å². The summed E-state index contributed by atoms with van der Waals surface area (Å²) in [5, 5.41) is 17.8. The molecular formula is C18H13N5O. The molecule has 2 aromatic carbocycles. The molecule has 0 heterocycles. The SMILES string of the molecule is N#Cc1ccc(C(N=CN=C(N)C=O)c2ccc(C#N)cc2)cc1. The van der Waals surface area contributed by atoms with E-state index in [2.05, 4.69) is 22.1 Å². The number of hydrogen-bond acceptors (Lipinski definition) is 4. The number of nitrogens with two attached hydrogens (primary N) is 1. The van der Waals surface area contributed by atoms with Crippen LogP contribution in [0.4, 0.5) is 0 Å². The summed E-state index contributed by atoms with van der Waals surface area (Å²) in [5.74, 6) is -0.169. The molecule has 2 rings (SSSR count). The van der Waals surface area contributed by atoms with Crippen molar-refractivity contribution < 1.29 is 4.79 Å². The van der Waals surface area contributed by atoms with Crippen LogP contribution in [-0.2, 0) is 4.79 Å². The Morgan fingerprint density at radius 1 is 0.958 bits per heavy atom. The molecule has 0 radical (unpaired) electrons. The Hall–Kier alpha value is -3.77. The first-order valence-electron chi connectivity index (χ1n) is 6.98. The maximum atomic E-state index is 10.5. The first-order valence-corrected chi connectivity index (χ1v) is 6.98. The molecule has 6 nitrogen and oxygen atoms in total. The Bertz CT molecular complexity index is 795. The van der Waals surface area contributed by atoms with Gasteiger partial charge in [-0.15, -0.1) is 0 Å². The highest BCUT2D eigenvalue weighted by atomic mass is 16.1. The number of aldehydes is 1. The molecule has 0 aliphatic rings. The molecule has 0 bridgehead atoms. The van der Waals surface area contributed by atoms with Crippen LogP contribution >= 0.6 is 0 Å². The van der Waals surface area contributed by atoms with Gasteiger partial charge in [-0.25, -0.2) is 4.99 Å². The van der Waals surface area contributed by atoms with Crippen LogP contribution in [0.5, 0.6) is 0 Å². The van der Waals surface area contributed by atoms with Crippen LogP contribution in [0.1, 0.15) is 28.3 Å². The fourth-order valence-electron chi connectivity index (χ4n) is 2.04. The normalized spacial score (nSPS) is 11.2. The van der Waals surface area contributed by atoms with E-state index in [-0.39, 0.29) is 5.84 Å². The smallest absolute Gasteiger partial charge is 0.184 e. The predicted octanol–water partition coefficient (Wildman–Crippen LogP) is 2.10. The zero-order chi connectivity index (χ0) is 17.4. The predicted molar refractivity (Wildman–Crippen MR) is 90.3 cm³/mol. The van der Waals surface area contributed by atoms with Gasteiger partial charge in [0.15, 0.2) is 12.1 Å². The van der Waals surface area contributed by atoms with E-state index < -0.39 is 6.04 Å². The number of nitriles is 2. The van der Waals surface area contributed by atoms with Crippen molar-refractivity contribution in [3.8, 4) is 12.1 Å². The molecule has 0 saturated heterocycles. The maximum Gasteiger partial charge on any atom is 0.184 e. The van der Waals surface area contributed by atoms with Gasteiger partial charge in [0.25, 0.3) is 0 Å². The number of carbonyl (C=O) groups is 1. The van der Waals surface area contributed by atoms with Crippen molar-refractivity contribution in [3.05, 3.63) is 70.8 Å². The van der Waals surface area contributed by atoms with E-state index in [0.29, 0.717) is 17.4 Å². The molecule has 0 saturated carbocycles. The molecule has 0 fully saturated rings. The summed E-state index contributed by atoms with van der Waals surface area (Å²) in [6, 6.07) is 17.7. The van der Waals surface area contributed by atoms with E-state index in [9.17, 15) is 4.79 Å². The molecule has 0 aliphatic carbocycles. The Morgan fingerprint density at radius 2 is 1.42 bits per heavy atom. The lowest BCUT2D eigenvalue weighted by Gasteiger charge is -2.13. The first-order chi connectivity index (χ1) is 11.7. The molecule has 6 heteroatoms. The second-order valence-electron chi connectivity index (χ2n) is 4.81. The Labute approximate surface area is 139 Å². The summed E-state index contributed by atoms with van der Waals surface area (Å²) < 4.78 is 0. The minimum Gasteiger partial charge on any atom is -0.381 e. The summed E-state index contributed by atoms with van der Waals surface area (Å²) >= 11 is 0. The number of carbonyl (C=O) groups excluding carboxylic acids is 1. The molecule has 2 aromatic rings. The van der Waals surface area contributed by atoms with Crippen molar-refractivity contribution in [2.75, 3.05) is 0 Å². The average molecular weight is 315 g/mol. The summed E-state index contributed by atoms with van der Waals surface area (Å²) in [7, 11) is 0. The Kier molecular flexibility index (Phi) is 5.55. The fourth-order valence-corrected chi connectivity index (χ4v) is 2.04. The third kappa shape index (κ3) is 4.12. The van der Waals surface area contributed by atoms with Crippen LogP contribution in [0.25, 0.3) is 0 Å². The molecule has 0 atom stereocenters. The average Bonchev–Trinajstić information content (AvgIpc) is 2.65. The standard InChI is InChI=1S/C18H13N5O/c19-9-13-1-5-15(6-2-13)18(23-12-22-17(21)11-24)16-7-3-14(10-20)4-8-16/h1-8,11-12,18H,(H2,21,22,23). The molecule has 2 N–H and O–H groups in total. The van der Waals surface area contributed by atoms with E-state index >= 15 is 0 Å². The lowest BCUT2D eigenvalue weighted by atomic mass is 9.97. The molecule has 0 spiro atoms. The second kappa shape index (κ2) is 8.02. The highest BCUT2D eigenvalue weighted by Gasteiger charge is 2.12. The van der Waals surface area contributed by atoms with Crippen LogP contribution < -0.4 is 5.73 Å². The molecule has 0 unspecified atom stereocenters. The minimum atomic E-state index is -0.395. The molecule has 24 heavy (non-hydrogen) atoms. The summed E-state index contributed by atoms with van der Waals surface area (Å²) in [6.07, 6.45) is 1.66. The van der Waals surface area contributed by atoms with Crippen LogP contribution in [0, 0.1) is 22.7 Å². The number of hydrogen-bond donors (Lipinski definition) is 1. The highest BCUT2D eigenvalue weighted by Crippen LogP contribution is 2.26. The Morgan fingerprint density at radius 3 is 1.79 bits per heavy atom. The van der Waals surface area contributed by atoms with Crippen molar-refractivity contribution in [2.24, 2.45) is 15.7 Å². The van der Waals surface area contributed by atoms with Gasteiger partial charge in [0.1, 0.15) is 12.4 Å². The van der Waals surface area contributed by atoms with Gasteiger partial charge in [-0.1, -0.05) is 24.3 Å². The van der Waals surface area contributed by atoms with Gasteiger partial charge in [0.2, 0.25) is 0 Å². The lowest BCUT2D eigenvalue weighted by molar-refractivity contribution is -0.102. The molecular weight excluding hydrogens is 302 g/mol. The summed E-state index contributed by atoms with van der Waals surface area (Å²) in [4.78, 5) is 18.6. The van der Waals surface area contributed by atoms with Gasteiger partial charge < -0.3 is 5.73 Å². The van der Waals surface area contributed by atoms with Gasteiger partial charge in [0.05, 0.1) is 23.3 Å². The van der Waals surface area contributed by atoms with Crippen molar-refractivity contribution in [3.63, 3.8) is 0 Å². The van der Waals surface area contributed by atoms with Crippen LogP contribution in [0.15, 0.2) is 58.5 Å². The fraction of sp³-hybridized carbons (Fsp3) is 0.0556. The second-order valence-corrected chi connectivity index (χ2v) is 4.81. The molecule has 0 aromatic heterocycles. The topological polar surface area (TPSA) is 115 Å². The van der Waals surface area contributed by atoms with Gasteiger partial charge >= 0.3 is 0 Å². The van der Waals surface area contributed by atoms with Gasteiger partial charge in [0, 0.05) is 0 Å². The van der Waals surface area contributed by atoms with Gasteiger partial charge in [-0.05, 0) is 35.4 Å². The summed E-state index contributed by atoms with van der Waals surface area (Å²) in [5.41, 5.74) is 8.11. The molecule has 0 aliphatic heterocycles. The van der Waals surface area contributed by atoms with E-state index in [0.717, 1.165) is 11.1 Å². The summed E-state index contributed by atoms with van der Waals surface area (Å²) in [6.45, 7) is 0. The molecule has 0 amide bonds. The van der Waals surface area contributed by atoms with Gasteiger partial charge in [-0.2, -0.15) is 10.5 Å². The quantitative estimate of drug-likeness (QED) is 0.516. The van der Waals surface area contributed by atoms with Crippen molar-refractivity contribution in [2.45, 2.75) is 6.04 Å². The zero-order valence-corrected chi connectivity index (χ0v) is 12.6. The van der Waals surface area contributed by atoms with E-state index in [1.54, 1.807) is 48.5 Å². The van der Waals surface area contributed by atoms with Crippen LogP contribution in [0.2, 0.25) is 0 Å². The third-order valence-corrected chi connectivity index (χ3v) is 3.25. The monoisotopic (exact) mass is 315 g/mol. The minimum absolute atomic E-state index is 0.169. The lowest BCUT2D eigenvalue weighted by Crippen LogP contribution is -2.12. The third-order valence-electron chi connectivity index (χ3n) is 3.25. The first kappa shape index (κ1) is 16.6. The van der Waals surface area contributed by atoms with Crippen molar-refractivity contribution in [1.29, 1.82) is 10.5 Å². The van der Waals surface area contributed by atoms with Crippen molar-refractivity contribution >= 4 is 18.5 Å². The largest absolute Gasteiger partial charge is 0.381 e. The van der Waals surface area contributed by atoms with Crippen LogP contribution in [-0.4, -0.2) is 18.5 Å². The number of amidine groups is 1. The number of rotatable bonds is 5.